The van der Waals surface area contributed by atoms with Crippen molar-refractivity contribution in [2.75, 3.05) is 5.32 Å². The van der Waals surface area contributed by atoms with Gasteiger partial charge >= 0.3 is 0 Å². The van der Waals surface area contributed by atoms with Gasteiger partial charge in [0.05, 0.1) is 15.8 Å². The number of carbonyl (C=O) groups is 1. The third-order valence-electron chi connectivity index (χ3n) is 2.77. The van der Waals surface area contributed by atoms with Gasteiger partial charge in [0.1, 0.15) is 4.60 Å². The van der Waals surface area contributed by atoms with Crippen LogP contribution in [0.3, 0.4) is 0 Å². The van der Waals surface area contributed by atoms with E-state index in [0.717, 1.165) is 10.2 Å². The molecule has 0 aliphatic carbocycles. The number of fused-ring (bicyclic) bond motifs is 1. The van der Waals surface area contributed by atoms with Crippen LogP contribution in [-0.4, -0.2) is 15.9 Å². The number of halogens is 1. The summed E-state index contributed by atoms with van der Waals surface area (Å²) in [5.41, 5.74) is 2.55. The molecule has 0 saturated carbocycles. The van der Waals surface area contributed by atoms with Crippen molar-refractivity contribution in [1.29, 1.82) is 0 Å². The summed E-state index contributed by atoms with van der Waals surface area (Å²) in [5, 5.41) is 3.40. The number of aromatic nitrogens is 2. The SMILES string of the molecule is Cc1ccc2nc(NC(=O)c3cccnc3Br)sc2c1. The summed E-state index contributed by atoms with van der Waals surface area (Å²) in [6, 6.07) is 9.45. The monoisotopic (exact) mass is 347 g/mol. The first-order valence-corrected chi connectivity index (χ1v) is 7.53. The molecule has 3 aromatic rings. The number of benzene rings is 1. The molecule has 0 spiro atoms. The van der Waals surface area contributed by atoms with Gasteiger partial charge in [-0.05, 0) is 52.7 Å². The number of pyridine rings is 1. The van der Waals surface area contributed by atoms with Gasteiger partial charge in [0.15, 0.2) is 5.13 Å². The molecule has 2 aromatic heterocycles. The Bertz CT molecular complexity index is 800. The maximum Gasteiger partial charge on any atom is 0.260 e. The molecule has 0 fully saturated rings. The molecule has 0 aliphatic heterocycles. The Hall–Kier alpha value is -1.79. The predicted molar refractivity (Wildman–Crippen MR) is 84.2 cm³/mol. The fourth-order valence-electron chi connectivity index (χ4n) is 1.81. The van der Waals surface area contributed by atoms with E-state index in [2.05, 4.69) is 37.3 Å². The normalized spacial score (nSPS) is 10.7. The summed E-state index contributed by atoms with van der Waals surface area (Å²) in [6.07, 6.45) is 1.63. The number of rotatable bonds is 2. The smallest absolute Gasteiger partial charge is 0.260 e. The molecule has 0 atom stereocenters. The number of thiazole rings is 1. The largest absolute Gasteiger partial charge is 0.298 e. The van der Waals surface area contributed by atoms with E-state index >= 15 is 0 Å². The fraction of sp³-hybridized carbons (Fsp3) is 0.0714. The quantitative estimate of drug-likeness (QED) is 0.712. The molecule has 6 heteroatoms. The van der Waals surface area contributed by atoms with Gasteiger partial charge in [-0.2, -0.15) is 0 Å². The van der Waals surface area contributed by atoms with Gasteiger partial charge in [0, 0.05) is 6.20 Å². The molecule has 1 aromatic carbocycles. The summed E-state index contributed by atoms with van der Waals surface area (Å²) in [5.74, 6) is -0.222. The molecular formula is C14H10BrN3OS. The van der Waals surface area contributed by atoms with Crippen molar-refractivity contribution in [3.05, 3.63) is 52.3 Å². The Morgan fingerprint density at radius 1 is 1.35 bits per heavy atom. The number of nitrogens with zero attached hydrogens (tertiary/aromatic N) is 2. The highest BCUT2D eigenvalue weighted by molar-refractivity contribution is 9.10. The van der Waals surface area contributed by atoms with E-state index in [1.165, 1.54) is 16.9 Å². The van der Waals surface area contributed by atoms with Crippen LogP contribution in [0.1, 0.15) is 15.9 Å². The Labute approximate surface area is 128 Å². The standard InChI is InChI=1S/C14H10BrN3OS/c1-8-4-5-10-11(7-8)20-14(17-10)18-13(19)9-3-2-6-16-12(9)15/h2-7H,1H3,(H,17,18,19). The number of hydrogen-bond acceptors (Lipinski definition) is 4. The summed E-state index contributed by atoms with van der Waals surface area (Å²) < 4.78 is 1.58. The van der Waals surface area contributed by atoms with Gasteiger partial charge in [-0.15, -0.1) is 0 Å². The zero-order chi connectivity index (χ0) is 14.1. The minimum atomic E-state index is -0.222. The minimum Gasteiger partial charge on any atom is -0.298 e. The van der Waals surface area contributed by atoms with Crippen LogP contribution in [0.25, 0.3) is 10.2 Å². The van der Waals surface area contributed by atoms with Gasteiger partial charge in [0.2, 0.25) is 0 Å². The van der Waals surface area contributed by atoms with Crippen LogP contribution in [0.15, 0.2) is 41.1 Å². The molecule has 0 bridgehead atoms. The lowest BCUT2D eigenvalue weighted by molar-refractivity contribution is 0.102. The fourth-order valence-corrected chi connectivity index (χ4v) is 3.19. The summed E-state index contributed by atoms with van der Waals surface area (Å²) in [4.78, 5) is 20.6. The van der Waals surface area contributed by atoms with Crippen molar-refractivity contribution in [1.82, 2.24) is 9.97 Å². The lowest BCUT2D eigenvalue weighted by atomic mass is 10.2. The third kappa shape index (κ3) is 2.57. The van der Waals surface area contributed by atoms with Crippen LogP contribution in [0, 0.1) is 6.92 Å². The maximum absolute atomic E-state index is 12.2. The first kappa shape index (κ1) is 13.2. The van der Waals surface area contributed by atoms with Crippen LogP contribution in [0.4, 0.5) is 5.13 Å². The van der Waals surface area contributed by atoms with Crippen molar-refractivity contribution in [3.8, 4) is 0 Å². The molecule has 1 N–H and O–H groups in total. The van der Waals surface area contributed by atoms with E-state index < -0.39 is 0 Å². The molecule has 4 nitrogen and oxygen atoms in total. The maximum atomic E-state index is 12.2. The first-order chi connectivity index (χ1) is 9.63. The van der Waals surface area contributed by atoms with E-state index in [1.807, 2.05) is 19.1 Å². The summed E-state index contributed by atoms with van der Waals surface area (Å²) in [7, 11) is 0. The van der Waals surface area contributed by atoms with E-state index in [9.17, 15) is 4.79 Å². The number of carbonyl (C=O) groups excluding carboxylic acids is 1. The molecular weight excluding hydrogens is 338 g/mol. The van der Waals surface area contributed by atoms with Crippen LogP contribution in [-0.2, 0) is 0 Å². The molecule has 2 heterocycles. The third-order valence-corrected chi connectivity index (χ3v) is 4.33. The highest BCUT2D eigenvalue weighted by atomic mass is 79.9. The van der Waals surface area contributed by atoms with Gasteiger partial charge in [0.25, 0.3) is 5.91 Å². The van der Waals surface area contributed by atoms with E-state index in [0.29, 0.717) is 15.3 Å². The van der Waals surface area contributed by atoms with E-state index in [-0.39, 0.29) is 5.91 Å². The number of anilines is 1. The molecule has 20 heavy (non-hydrogen) atoms. The van der Waals surface area contributed by atoms with Crippen molar-refractivity contribution >= 4 is 48.5 Å². The average molecular weight is 348 g/mol. The predicted octanol–water partition coefficient (Wildman–Crippen LogP) is 4.01. The van der Waals surface area contributed by atoms with E-state index in [1.54, 1.807) is 18.3 Å². The second-order valence-corrected chi connectivity index (χ2v) is 6.07. The van der Waals surface area contributed by atoms with Gasteiger partial charge in [-0.3, -0.25) is 10.1 Å². The highest BCUT2D eigenvalue weighted by Gasteiger charge is 2.13. The van der Waals surface area contributed by atoms with Crippen LogP contribution in [0.2, 0.25) is 0 Å². The molecule has 0 radical (unpaired) electrons. The Kier molecular flexibility index (Phi) is 3.50. The van der Waals surface area contributed by atoms with Gasteiger partial charge in [-0.1, -0.05) is 17.4 Å². The van der Waals surface area contributed by atoms with Crippen molar-refractivity contribution < 1.29 is 4.79 Å². The zero-order valence-electron chi connectivity index (χ0n) is 10.6. The lowest BCUT2D eigenvalue weighted by Crippen LogP contribution is -2.12. The second-order valence-electron chi connectivity index (χ2n) is 4.29. The topological polar surface area (TPSA) is 54.9 Å². The Morgan fingerprint density at radius 3 is 3.00 bits per heavy atom. The zero-order valence-corrected chi connectivity index (χ0v) is 13.0. The first-order valence-electron chi connectivity index (χ1n) is 5.92. The molecule has 100 valence electrons. The molecule has 0 aliphatic rings. The van der Waals surface area contributed by atoms with Gasteiger partial charge < -0.3 is 0 Å². The van der Waals surface area contributed by atoms with Crippen LogP contribution in [0.5, 0.6) is 0 Å². The van der Waals surface area contributed by atoms with Crippen LogP contribution < -0.4 is 5.32 Å². The molecule has 0 saturated heterocycles. The summed E-state index contributed by atoms with van der Waals surface area (Å²) >= 11 is 4.73. The highest BCUT2D eigenvalue weighted by Crippen LogP contribution is 2.27. The molecule has 1 amide bonds. The molecule has 0 unspecified atom stereocenters. The van der Waals surface area contributed by atoms with Gasteiger partial charge in [-0.25, -0.2) is 9.97 Å². The minimum absolute atomic E-state index is 0.222. The van der Waals surface area contributed by atoms with Crippen molar-refractivity contribution in [3.63, 3.8) is 0 Å². The Morgan fingerprint density at radius 2 is 2.20 bits per heavy atom. The molecule has 3 rings (SSSR count). The summed E-state index contributed by atoms with van der Waals surface area (Å²) in [6.45, 7) is 2.03. The van der Waals surface area contributed by atoms with E-state index in [4.69, 9.17) is 0 Å². The average Bonchev–Trinajstić information content (AvgIpc) is 2.80. The number of hydrogen-bond donors (Lipinski definition) is 1. The van der Waals surface area contributed by atoms with Crippen molar-refractivity contribution in [2.45, 2.75) is 6.92 Å². The number of nitrogens with one attached hydrogen (secondary N) is 1. The lowest BCUT2D eigenvalue weighted by Gasteiger charge is -2.02. The second kappa shape index (κ2) is 5.30. The Balaban J connectivity index is 1.89. The van der Waals surface area contributed by atoms with Crippen molar-refractivity contribution in [2.24, 2.45) is 0 Å². The van der Waals surface area contributed by atoms with Crippen LogP contribution >= 0.6 is 27.3 Å². The number of aryl methyl sites for hydroxylation is 1. The number of amides is 1.